The summed E-state index contributed by atoms with van der Waals surface area (Å²) in [6.07, 6.45) is 33.9. The van der Waals surface area contributed by atoms with Crippen LogP contribution in [-0.2, 0) is 0 Å². The Balaban J connectivity index is 3.68. The van der Waals surface area contributed by atoms with Crippen molar-refractivity contribution in [2.24, 2.45) is 5.92 Å². The zero-order chi connectivity index (χ0) is 21.3. The summed E-state index contributed by atoms with van der Waals surface area (Å²) in [4.78, 5) is 0. The molecule has 1 atom stereocenters. The van der Waals surface area contributed by atoms with Crippen LogP contribution in [0.3, 0.4) is 0 Å². The van der Waals surface area contributed by atoms with Gasteiger partial charge in [0.2, 0.25) is 0 Å². The highest BCUT2D eigenvalue weighted by molar-refractivity contribution is 4.62. The molecule has 0 saturated heterocycles. The van der Waals surface area contributed by atoms with Crippen LogP contribution in [-0.4, -0.2) is 11.7 Å². The maximum Gasteiger partial charge on any atom is 0.0431 e. The molecule has 176 valence electrons. The van der Waals surface area contributed by atoms with Crippen molar-refractivity contribution < 1.29 is 5.11 Å². The monoisotopic (exact) mass is 410 g/mol. The molecule has 0 bridgehead atoms. The van der Waals surface area contributed by atoms with E-state index in [0.29, 0.717) is 6.61 Å². The smallest absolute Gasteiger partial charge is 0.0431 e. The Labute approximate surface area is 185 Å². The molecule has 0 radical (unpaired) electrons. The van der Waals surface area contributed by atoms with Crippen molar-refractivity contribution in [1.29, 1.82) is 0 Å². The second kappa shape index (κ2) is 26.0. The number of rotatable bonds is 25. The van der Waals surface area contributed by atoms with Crippen molar-refractivity contribution in [2.45, 2.75) is 168 Å². The van der Waals surface area contributed by atoms with E-state index in [1.807, 2.05) is 0 Å². The minimum Gasteiger partial charge on any atom is -0.396 e. The zero-order valence-electron chi connectivity index (χ0n) is 20.7. The molecule has 0 heterocycles. The lowest BCUT2D eigenvalue weighted by molar-refractivity contribution is 0.278. The van der Waals surface area contributed by atoms with E-state index in [4.69, 9.17) is 5.11 Å². The van der Waals surface area contributed by atoms with E-state index in [9.17, 15) is 0 Å². The lowest BCUT2D eigenvalue weighted by Crippen LogP contribution is -2.02. The maximum absolute atomic E-state index is 9.01. The van der Waals surface area contributed by atoms with Crippen molar-refractivity contribution in [3.63, 3.8) is 0 Å². The lowest BCUT2D eigenvalue weighted by atomic mass is 9.89. The van der Waals surface area contributed by atoms with Crippen LogP contribution in [0.4, 0.5) is 0 Å². The van der Waals surface area contributed by atoms with Gasteiger partial charge >= 0.3 is 0 Å². The topological polar surface area (TPSA) is 20.2 Å². The summed E-state index contributed by atoms with van der Waals surface area (Å²) in [6.45, 7) is 4.98. The van der Waals surface area contributed by atoms with Gasteiger partial charge in [0.25, 0.3) is 0 Å². The second-order valence-electron chi connectivity index (χ2n) is 9.67. The molecule has 29 heavy (non-hydrogen) atoms. The first-order valence-corrected chi connectivity index (χ1v) is 14.0. The first-order chi connectivity index (χ1) is 14.3. The Morgan fingerprint density at radius 1 is 0.379 bits per heavy atom. The van der Waals surface area contributed by atoms with Crippen LogP contribution in [0.5, 0.6) is 0 Å². The third kappa shape index (κ3) is 24.1. The average Bonchev–Trinajstić information content (AvgIpc) is 2.73. The third-order valence-electron chi connectivity index (χ3n) is 6.70. The van der Waals surface area contributed by atoms with Crippen molar-refractivity contribution in [1.82, 2.24) is 0 Å². The molecule has 1 unspecified atom stereocenters. The van der Waals surface area contributed by atoms with Gasteiger partial charge in [-0.25, -0.2) is 0 Å². The molecule has 0 spiro atoms. The molecule has 0 saturated carbocycles. The van der Waals surface area contributed by atoms with Gasteiger partial charge in [0.15, 0.2) is 0 Å². The van der Waals surface area contributed by atoms with E-state index >= 15 is 0 Å². The summed E-state index contributed by atoms with van der Waals surface area (Å²) < 4.78 is 0. The Kier molecular flexibility index (Phi) is 26.0. The Morgan fingerprint density at radius 2 is 0.655 bits per heavy atom. The van der Waals surface area contributed by atoms with Gasteiger partial charge in [-0.2, -0.15) is 0 Å². The zero-order valence-corrected chi connectivity index (χ0v) is 20.7. The molecule has 1 nitrogen and oxygen atoms in total. The van der Waals surface area contributed by atoms with Gasteiger partial charge in [-0.1, -0.05) is 162 Å². The van der Waals surface area contributed by atoms with E-state index in [-0.39, 0.29) is 0 Å². The fourth-order valence-electron chi connectivity index (χ4n) is 4.64. The highest BCUT2D eigenvalue weighted by Gasteiger charge is 2.08. The predicted octanol–water partition coefficient (Wildman–Crippen LogP) is 10.00. The van der Waals surface area contributed by atoms with E-state index in [2.05, 4.69) is 13.8 Å². The highest BCUT2D eigenvalue weighted by atomic mass is 16.2. The summed E-state index contributed by atoms with van der Waals surface area (Å²) in [5.41, 5.74) is 0. The molecule has 0 aromatic rings. The first kappa shape index (κ1) is 29.0. The van der Waals surface area contributed by atoms with Crippen molar-refractivity contribution >= 4 is 0 Å². The fourth-order valence-corrected chi connectivity index (χ4v) is 4.64. The Bertz CT molecular complexity index is 275. The molecule has 1 heteroatoms. The number of unbranched alkanes of at least 4 members (excludes halogenated alkanes) is 18. The summed E-state index contributed by atoms with van der Waals surface area (Å²) in [5.74, 6) is 0.961. The standard InChI is InChI=1S/C28H58O/c1-3-5-7-9-11-13-14-16-18-21-25-28(26-22-19-23-27-29)24-20-17-15-12-10-8-6-4-2/h28-29H,3-27H2,1-2H3. The number of aliphatic hydroxyl groups excluding tert-OH is 1. The van der Waals surface area contributed by atoms with Crippen molar-refractivity contribution in [2.75, 3.05) is 6.61 Å². The molecular weight excluding hydrogens is 352 g/mol. The number of hydrogen-bond acceptors (Lipinski definition) is 1. The van der Waals surface area contributed by atoms with Gasteiger partial charge < -0.3 is 5.11 Å². The predicted molar refractivity (Wildman–Crippen MR) is 133 cm³/mol. The summed E-state index contributed by atoms with van der Waals surface area (Å²) in [5, 5.41) is 9.01. The van der Waals surface area contributed by atoms with Crippen LogP contribution >= 0.6 is 0 Å². The number of hydrogen-bond donors (Lipinski definition) is 1. The molecular formula is C28H58O. The quantitative estimate of drug-likeness (QED) is 0.148. The van der Waals surface area contributed by atoms with E-state index in [0.717, 1.165) is 12.3 Å². The van der Waals surface area contributed by atoms with Crippen LogP contribution in [0.2, 0.25) is 0 Å². The molecule has 1 N–H and O–H groups in total. The molecule has 0 aliphatic rings. The fraction of sp³-hybridized carbons (Fsp3) is 1.00. The highest BCUT2D eigenvalue weighted by Crippen LogP contribution is 2.24. The molecule has 0 amide bonds. The van der Waals surface area contributed by atoms with E-state index in [1.54, 1.807) is 0 Å². The van der Waals surface area contributed by atoms with Crippen LogP contribution in [0.15, 0.2) is 0 Å². The minimum absolute atomic E-state index is 0.376. The maximum atomic E-state index is 9.01. The second-order valence-corrected chi connectivity index (χ2v) is 9.67. The third-order valence-corrected chi connectivity index (χ3v) is 6.70. The molecule has 0 aromatic carbocycles. The van der Waals surface area contributed by atoms with Crippen molar-refractivity contribution in [3.05, 3.63) is 0 Å². The summed E-state index contributed by atoms with van der Waals surface area (Å²) in [7, 11) is 0. The Hall–Kier alpha value is -0.0400. The van der Waals surface area contributed by atoms with Crippen LogP contribution < -0.4 is 0 Å². The van der Waals surface area contributed by atoms with Crippen LogP contribution in [0.1, 0.15) is 168 Å². The average molecular weight is 411 g/mol. The molecule has 0 aliphatic carbocycles. The summed E-state index contributed by atoms with van der Waals surface area (Å²) in [6, 6.07) is 0. The molecule has 0 aliphatic heterocycles. The SMILES string of the molecule is CCCCCCCCCCCCC(CCCCCO)CCCCCCCCCC. The first-order valence-electron chi connectivity index (χ1n) is 14.0. The normalized spacial score (nSPS) is 12.5. The molecule has 0 rings (SSSR count). The van der Waals surface area contributed by atoms with E-state index in [1.165, 1.54) is 148 Å². The van der Waals surface area contributed by atoms with Gasteiger partial charge in [0.1, 0.15) is 0 Å². The minimum atomic E-state index is 0.376. The van der Waals surface area contributed by atoms with Crippen LogP contribution in [0, 0.1) is 5.92 Å². The van der Waals surface area contributed by atoms with Gasteiger partial charge in [-0.3, -0.25) is 0 Å². The molecule has 0 fully saturated rings. The lowest BCUT2D eigenvalue weighted by Gasteiger charge is -2.17. The largest absolute Gasteiger partial charge is 0.396 e. The molecule has 0 aromatic heterocycles. The van der Waals surface area contributed by atoms with Crippen molar-refractivity contribution in [3.8, 4) is 0 Å². The summed E-state index contributed by atoms with van der Waals surface area (Å²) >= 11 is 0. The van der Waals surface area contributed by atoms with Gasteiger partial charge in [-0.05, 0) is 12.3 Å². The number of aliphatic hydroxyl groups is 1. The van der Waals surface area contributed by atoms with Gasteiger partial charge in [0, 0.05) is 6.61 Å². The van der Waals surface area contributed by atoms with Gasteiger partial charge in [0.05, 0.1) is 0 Å². The van der Waals surface area contributed by atoms with Gasteiger partial charge in [-0.15, -0.1) is 0 Å². The van der Waals surface area contributed by atoms with Crippen LogP contribution in [0.25, 0.3) is 0 Å². The Morgan fingerprint density at radius 3 is 0.966 bits per heavy atom. The van der Waals surface area contributed by atoms with E-state index < -0.39 is 0 Å².